The van der Waals surface area contributed by atoms with Gasteiger partial charge in [-0.15, -0.1) is 0 Å². The minimum Gasteiger partial charge on any atom is -0.326 e. The quantitative estimate of drug-likeness (QED) is 0.563. The van der Waals surface area contributed by atoms with Gasteiger partial charge in [-0.05, 0) is 11.1 Å². The number of hydrogen-bond donors (Lipinski definition) is 3. The van der Waals surface area contributed by atoms with Crippen molar-refractivity contribution in [3.63, 3.8) is 0 Å². The third kappa shape index (κ3) is 1.57. The first kappa shape index (κ1) is 9.67. The monoisotopic (exact) mass is 205 g/mol. The molecule has 0 atom stereocenters. The Bertz CT molecular complexity index is 401. The van der Waals surface area contributed by atoms with Crippen molar-refractivity contribution in [2.24, 2.45) is 5.73 Å². The molecule has 1 saturated heterocycles. The van der Waals surface area contributed by atoms with Crippen LogP contribution in [0.4, 0.5) is 0 Å². The molecule has 0 aromatic heterocycles. The van der Waals surface area contributed by atoms with E-state index in [1.54, 1.807) is 12.1 Å². The lowest BCUT2D eigenvalue weighted by molar-refractivity contribution is -0.124. The molecule has 2 amide bonds. The highest BCUT2D eigenvalue weighted by Crippen LogP contribution is 2.22. The maximum atomic E-state index is 11.4. The number of amides is 2. The highest BCUT2D eigenvalue weighted by atomic mass is 16.2. The molecule has 1 aromatic rings. The maximum Gasteiger partial charge on any atom is 0.255 e. The summed E-state index contributed by atoms with van der Waals surface area (Å²) < 4.78 is 0. The molecule has 1 heterocycles. The molecule has 78 valence electrons. The van der Waals surface area contributed by atoms with E-state index in [0.29, 0.717) is 12.1 Å². The van der Waals surface area contributed by atoms with Gasteiger partial charge in [0.25, 0.3) is 11.8 Å². The zero-order chi connectivity index (χ0) is 10.8. The molecule has 5 heteroatoms. The largest absolute Gasteiger partial charge is 0.326 e. The number of hydrazine groups is 1. The molecule has 0 spiro atoms. The molecule has 0 bridgehead atoms. The van der Waals surface area contributed by atoms with Crippen LogP contribution in [0.25, 0.3) is 0 Å². The van der Waals surface area contributed by atoms with Gasteiger partial charge in [0.15, 0.2) is 0 Å². The number of nitrogens with one attached hydrogen (secondary N) is 2. The van der Waals surface area contributed by atoms with Crippen LogP contribution in [0.15, 0.2) is 24.3 Å². The van der Waals surface area contributed by atoms with Crippen LogP contribution in [0.5, 0.6) is 0 Å². The van der Waals surface area contributed by atoms with Gasteiger partial charge in [0.1, 0.15) is 5.92 Å². The molecule has 0 aliphatic carbocycles. The van der Waals surface area contributed by atoms with Crippen LogP contribution in [-0.4, -0.2) is 11.8 Å². The Morgan fingerprint density at radius 3 is 2.33 bits per heavy atom. The smallest absolute Gasteiger partial charge is 0.255 e. The number of nitrogens with two attached hydrogens (primary N) is 1. The number of carbonyl (C=O) groups is 2. The summed E-state index contributed by atoms with van der Waals surface area (Å²) in [5, 5.41) is 0. The first-order valence-electron chi connectivity index (χ1n) is 4.61. The Hall–Kier alpha value is -1.88. The molecule has 0 unspecified atom stereocenters. The molecule has 0 radical (unpaired) electrons. The van der Waals surface area contributed by atoms with Crippen molar-refractivity contribution in [2.75, 3.05) is 0 Å². The fourth-order valence-corrected chi connectivity index (χ4v) is 1.67. The number of benzene rings is 1. The van der Waals surface area contributed by atoms with Crippen molar-refractivity contribution in [1.82, 2.24) is 10.9 Å². The molecule has 1 aliphatic rings. The zero-order valence-corrected chi connectivity index (χ0v) is 7.99. The van der Waals surface area contributed by atoms with E-state index < -0.39 is 5.92 Å². The van der Waals surface area contributed by atoms with Gasteiger partial charge < -0.3 is 5.73 Å². The lowest BCUT2D eigenvalue weighted by atomic mass is 9.94. The third-order valence-electron chi connectivity index (χ3n) is 2.42. The molecule has 0 saturated carbocycles. The van der Waals surface area contributed by atoms with Gasteiger partial charge in [-0.1, -0.05) is 24.3 Å². The Morgan fingerprint density at radius 1 is 1.13 bits per heavy atom. The summed E-state index contributed by atoms with van der Waals surface area (Å²) in [7, 11) is 0. The van der Waals surface area contributed by atoms with E-state index in [0.717, 1.165) is 5.56 Å². The standard InChI is InChI=1S/C10H11N3O2/c11-5-6-3-1-2-4-7(6)8-9(14)12-13-10(8)15/h1-4,8H,5,11H2,(H,12,14)(H,13,15). The van der Waals surface area contributed by atoms with Crippen LogP contribution in [0, 0.1) is 0 Å². The van der Waals surface area contributed by atoms with Crippen LogP contribution in [-0.2, 0) is 16.1 Å². The lowest BCUT2D eigenvalue weighted by Crippen LogP contribution is -2.28. The van der Waals surface area contributed by atoms with Crippen molar-refractivity contribution in [3.05, 3.63) is 35.4 Å². The first-order valence-corrected chi connectivity index (χ1v) is 4.61. The van der Waals surface area contributed by atoms with E-state index in [1.165, 1.54) is 0 Å². The van der Waals surface area contributed by atoms with Crippen LogP contribution < -0.4 is 16.6 Å². The van der Waals surface area contributed by atoms with Gasteiger partial charge in [-0.25, -0.2) is 0 Å². The van der Waals surface area contributed by atoms with Crippen LogP contribution in [0.1, 0.15) is 17.0 Å². The maximum absolute atomic E-state index is 11.4. The molecule has 1 fully saturated rings. The summed E-state index contributed by atoms with van der Waals surface area (Å²) in [5.74, 6) is -1.44. The molecule has 1 aliphatic heterocycles. The van der Waals surface area contributed by atoms with Gasteiger partial charge >= 0.3 is 0 Å². The molecule has 4 N–H and O–H groups in total. The fourth-order valence-electron chi connectivity index (χ4n) is 1.67. The second-order valence-corrected chi connectivity index (χ2v) is 3.31. The minimum atomic E-state index is -0.773. The van der Waals surface area contributed by atoms with Crippen molar-refractivity contribution < 1.29 is 9.59 Å². The Labute approximate surface area is 86.6 Å². The highest BCUT2D eigenvalue weighted by Gasteiger charge is 2.35. The van der Waals surface area contributed by atoms with E-state index in [9.17, 15) is 9.59 Å². The molecule has 1 aromatic carbocycles. The van der Waals surface area contributed by atoms with Gasteiger partial charge in [-0.2, -0.15) is 0 Å². The van der Waals surface area contributed by atoms with Crippen LogP contribution >= 0.6 is 0 Å². The molecule has 15 heavy (non-hydrogen) atoms. The SMILES string of the molecule is NCc1ccccc1C1C(=O)NNC1=O. The average Bonchev–Trinajstić information content (AvgIpc) is 2.59. The highest BCUT2D eigenvalue weighted by molar-refractivity contribution is 6.10. The van der Waals surface area contributed by atoms with E-state index in [-0.39, 0.29) is 11.8 Å². The minimum absolute atomic E-state index is 0.313. The van der Waals surface area contributed by atoms with Crippen LogP contribution in [0.3, 0.4) is 0 Å². The van der Waals surface area contributed by atoms with E-state index in [4.69, 9.17) is 5.73 Å². The molecule has 2 rings (SSSR count). The molecular formula is C10H11N3O2. The second kappa shape index (κ2) is 3.70. The van der Waals surface area contributed by atoms with Crippen molar-refractivity contribution in [2.45, 2.75) is 12.5 Å². The van der Waals surface area contributed by atoms with Crippen molar-refractivity contribution >= 4 is 11.8 Å². The summed E-state index contributed by atoms with van der Waals surface area (Å²) in [6.07, 6.45) is 0. The number of hydrogen-bond acceptors (Lipinski definition) is 3. The molecule has 5 nitrogen and oxygen atoms in total. The van der Waals surface area contributed by atoms with E-state index in [2.05, 4.69) is 10.9 Å². The molecular weight excluding hydrogens is 194 g/mol. The Morgan fingerprint density at radius 2 is 1.73 bits per heavy atom. The van der Waals surface area contributed by atoms with Crippen LogP contribution in [0.2, 0.25) is 0 Å². The number of carbonyl (C=O) groups excluding carboxylic acids is 2. The predicted molar refractivity (Wildman–Crippen MR) is 53.4 cm³/mol. The summed E-state index contributed by atoms with van der Waals surface area (Å²) in [6.45, 7) is 0.313. The van der Waals surface area contributed by atoms with Crippen molar-refractivity contribution in [3.8, 4) is 0 Å². The van der Waals surface area contributed by atoms with E-state index in [1.807, 2.05) is 12.1 Å². The normalized spacial score (nSPS) is 16.3. The van der Waals surface area contributed by atoms with Gasteiger partial charge in [-0.3, -0.25) is 20.4 Å². The zero-order valence-electron chi connectivity index (χ0n) is 7.99. The summed E-state index contributed by atoms with van der Waals surface area (Å²) in [4.78, 5) is 22.8. The summed E-state index contributed by atoms with van der Waals surface area (Å²) in [6, 6.07) is 7.18. The van der Waals surface area contributed by atoms with Crippen molar-refractivity contribution in [1.29, 1.82) is 0 Å². The lowest BCUT2D eigenvalue weighted by Gasteiger charge is -2.09. The van der Waals surface area contributed by atoms with Gasteiger partial charge in [0.05, 0.1) is 0 Å². The summed E-state index contributed by atoms with van der Waals surface area (Å²) >= 11 is 0. The Balaban J connectivity index is 2.44. The van der Waals surface area contributed by atoms with Gasteiger partial charge in [0, 0.05) is 6.54 Å². The fraction of sp³-hybridized carbons (Fsp3) is 0.200. The average molecular weight is 205 g/mol. The predicted octanol–water partition coefficient (Wildman–Crippen LogP) is -0.610. The Kier molecular flexibility index (Phi) is 2.39. The topological polar surface area (TPSA) is 84.2 Å². The number of rotatable bonds is 2. The summed E-state index contributed by atoms with van der Waals surface area (Å²) in [5.41, 5.74) is 11.6. The van der Waals surface area contributed by atoms with E-state index >= 15 is 0 Å². The second-order valence-electron chi connectivity index (χ2n) is 3.31. The van der Waals surface area contributed by atoms with Gasteiger partial charge in [0.2, 0.25) is 0 Å². The third-order valence-corrected chi connectivity index (χ3v) is 2.42. The first-order chi connectivity index (χ1) is 7.24.